The van der Waals surface area contributed by atoms with E-state index >= 15 is 0 Å². The van der Waals surface area contributed by atoms with Crippen molar-refractivity contribution in [1.82, 2.24) is 4.90 Å². The SMILES string of the molecule is Cc1ccc(C2CCCN2C(=O)COCc2ccccc2)cc1. The Morgan fingerprint density at radius 3 is 2.61 bits per heavy atom. The first-order valence-corrected chi connectivity index (χ1v) is 8.22. The lowest BCUT2D eigenvalue weighted by molar-refractivity contribution is -0.137. The molecular weight excluding hydrogens is 286 g/mol. The standard InChI is InChI=1S/C20H23NO2/c1-16-9-11-18(12-10-16)19-8-5-13-21(19)20(22)15-23-14-17-6-3-2-4-7-17/h2-4,6-7,9-12,19H,5,8,13-15H2,1H3. The molecule has 1 aliphatic rings. The van der Waals surface area contributed by atoms with E-state index in [1.165, 1.54) is 11.1 Å². The van der Waals surface area contributed by atoms with E-state index in [0.717, 1.165) is 24.9 Å². The van der Waals surface area contributed by atoms with Gasteiger partial charge < -0.3 is 9.64 Å². The molecule has 0 bridgehead atoms. The Labute approximate surface area is 137 Å². The van der Waals surface area contributed by atoms with E-state index in [1.54, 1.807) is 0 Å². The number of nitrogens with zero attached hydrogens (tertiary/aromatic N) is 1. The fourth-order valence-corrected chi connectivity index (χ4v) is 3.11. The van der Waals surface area contributed by atoms with Crippen LogP contribution in [0.1, 0.15) is 35.6 Å². The zero-order valence-electron chi connectivity index (χ0n) is 13.6. The van der Waals surface area contributed by atoms with Crippen LogP contribution in [0.3, 0.4) is 0 Å². The first-order valence-electron chi connectivity index (χ1n) is 8.22. The predicted octanol–water partition coefficient (Wildman–Crippen LogP) is 3.88. The van der Waals surface area contributed by atoms with Crippen LogP contribution in [0.25, 0.3) is 0 Å². The van der Waals surface area contributed by atoms with Gasteiger partial charge in [-0.05, 0) is 30.9 Å². The van der Waals surface area contributed by atoms with Gasteiger partial charge >= 0.3 is 0 Å². The van der Waals surface area contributed by atoms with E-state index in [4.69, 9.17) is 4.74 Å². The van der Waals surface area contributed by atoms with E-state index < -0.39 is 0 Å². The number of likely N-dealkylation sites (tertiary alicyclic amines) is 1. The van der Waals surface area contributed by atoms with E-state index in [9.17, 15) is 4.79 Å². The second-order valence-electron chi connectivity index (χ2n) is 6.13. The number of rotatable bonds is 5. The van der Waals surface area contributed by atoms with Crippen LogP contribution in [-0.4, -0.2) is 24.0 Å². The minimum absolute atomic E-state index is 0.0870. The number of carbonyl (C=O) groups excluding carboxylic acids is 1. The highest BCUT2D eigenvalue weighted by molar-refractivity contribution is 5.78. The summed E-state index contributed by atoms with van der Waals surface area (Å²) in [7, 11) is 0. The molecule has 0 aromatic heterocycles. The lowest BCUT2D eigenvalue weighted by Gasteiger charge is -2.25. The number of hydrogen-bond acceptors (Lipinski definition) is 2. The number of aryl methyl sites for hydroxylation is 1. The minimum Gasteiger partial charge on any atom is -0.367 e. The second kappa shape index (κ2) is 7.42. The maximum atomic E-state index is 12.5. The molecule has 1 fully saturated rings. The van der Waals surface area contributed by atoms with Gasteiger partial charge in [0.15, 0.2) is 0 Å². The van der Waals surface area contributed by atoms with Gasteiger partial charge in [-0.25, -0.2) is 0 Å². The lowest BCUT2D eigenvalue weighted by Crippen LogP contribution is -2.33. The van der Waals surface area contributed by atoms with Crippen LogP contribution in [0.5, 0.6) is 0 Å². The van der Waals surface area contributed by atoms with Gasteiger partial charge in [0.25, 0.3) is 0 Å². The Bertz CT molecular complexity index is 636. The first-order chi connectivity index (χ1) is 11.2. The average Bonchev–Trinajstić information content (AvgIpc) is 3.06. The van der Waals surface area contributed by atoms with Crippen LogP contribution in [0.15, 0.2) is 54.6 Å². The molecule has 2 aromatic rings. The monoisotopic (exact) mass is 309 g/mol. The maximum absolute atomic E-state index is 12.5. The Kier molecular flexibility index (Phi) is 5.09. The highest BCUT2D eigenvalue weighted by Gasteiger charge is 2.29. The summed E-state index contributed by atoms with van der Waals surface area (Å²) in [4.78, 5) is 14.5. The maximum Gasteiger partial charge on any atom is 0.249 e. The average molecular weight is 309 g/mol. The molecule has 3 heteroatoms. The normalized spacial score (nSPS) is 17.4. The van der Waals surface area contributed by atoms with Crippen LogP contribution in [0, 0.1) is 6.92 Å². The summed E-state index contributed by atoms with van der Waals surface area (Å²) < 4.78 is 5.61. The van der Waals surface area contributed by atoms with E-state index in [1.807, 2.05) is 35.2 Å². The molecule has 1 unspecified atom stereocenters. The molecule has 1 atom stereocenters. The van der Waals surface area contributed by atoms with Crippen molar-refractivity contribution in [1.29, 1.82) is 0 Å². The van der Waals surface area contributed by atoms with Crippen LogP contribution in [0.2, 0.25) is 0 Å². The van der Waals surface area contributed by atoms with E-state index in [0.29, 0.717) is 6.61 Å². The van der Waals surface area contributed by atoms with Crippen LogP contribution in [-0.2, 0) is 16.1 Å². The fraction of sp³-hybridized carbons (Fsp3) is 0.350. The zero-order chi connectivity index (χ0) is 16.1. The van der Waals surface area contributed by atoms with Crippen LogP contribution >= 0.6 is 0 Å². The van der Waals surface area contributed by atoms with Gasteiger partial charge in [0.1, 0.15) is 6.61 Å². The van der Waals surface area contributed by atoms with Crippen molar-refractivity contribution >= 4 is 5.91 Å². The van der Waals surface area contributed by atoms with Gasteiger partial charge in [-0.1, -0.05) is 60.2 Å². The molecule has 3 rings (SSSR count). The third kappa shape index (κ3) is 3.99. The van der Waals surface area contributed by atoms with Gasteiger partial charge in [0.05, 0.1) is 12.6 Å². The van der Waals surface area contributed by atoms with Gasteiger partial charge in [-0.3, -0.25) is 4.79 Å². The molecule has 120 valence electrons. The summed E-state index contributed by atoms with van der Waals surface area (Å²) in [5.74, 6) is 0.0870. The number of carbonyl (C=O) groups is 1. The first kappa shape index (κ1) is 15.8. The van der Waals surface area contributed by atoms with Gasteiger partial charge in [0, 0.05) is 6.54 Å². The molecule has 3 nitrogen and oxygen atoms in total. The molecular formula is C20H23NO2. The highest BCUT2D eigenvalue weighted by atomic mass is 16.5. The Balaban J connectivity index is 1.56. The number of benzene rings is 2. The van der Waals surface area contributed by atoms with Gasteiger partial charge in [-0.15, -0.1) is 0 Å². The fourth-order valence-electron chi connectivity index (χ4n) is 3.11. The van der Waals surface area contributed by atoms with Crippen molar-refractivity contribution in [3.05, 3.63) is 71.3 Å². The summed E-state index contributed by atoms with van der Waals surface area (Å²) in [5, 5.41) is 0. The number of amides is 1. The summed E-state index contributed by atoms with van der Waals surface area (Å²) in [6, 6.07) is 18.7. The van der Waals surface area contributed by atoms with Crippen molar-refractivity contribution in [3.8, 4) is 0 Å². The topological polar surface area (TPSA) is 29.5 Å². The molecule has 23 heavy (non-hydrogen) atoms. The third-order valence-corrected chi connectivity index (χ3v) is 4.37. The van der Waals surface area contributed by atoms with Gasteiger partial charge in [-0.2, -0.15) is 0 Å². The second-order valence-corrected chi connectivity index (χ2v) is 6.13. The molecule has 0 spiro atoms. The van der Waals surface area contributed by atoms with Crippen LogP contribution < -0.4 is 0 Å². The largest absolute Gasteiger partial charge is 0.367 e. The molecule has 1 heterocycles. The van der Waals surface area contributed by atoms with Crippen molar-refractivity contribution in [2.45, 2.75) is 32.4 Å². The molecule has 0 aliphatic carbocycles. The highest BCUT2D eigenvalue weighted by Crippen LogP contribution is 2.32. The molecule has 0 radical (unpaired) electrons. The summed E-state index contributed by atoms with van der Waals surface area (Å²) >= 11 is 0. The predicted molar refractivity (Wildman–Crippen MR) is 91.0 cm³/mol. The number of ether oxygens (including phenoxy) is 1. The Morgan fingerprint density at radius 2 is 1.87 bits per heavy atom. The smallest absolute Gasteiger partial charge is 0.249 e. The summed E-state index contributed by atoms with van der Waals surface area (Å²) in [6.07, 6.45) is 2.09. The Hall–Kier alpha value is -2.13. The molecule has 1 aliphatic heterocycles. The number of hydrogen-bond donors (Lipinski definition) is 0. The molecule has 0 N–H and O–H groups in total. The molecule has 1 amide bonds. The minimum atomic E-state index is 0.0870. The van der Waals surface area contributed by atoms with Crippen molar-refractivity contribution in [2.75, 3.05) is 13.2 Å². The zero-order valence-corrected chi connectivity index (χ0v) is 13.6. The molecule has 1 saturated heterocycles. The van der Waals surface area contributed by atoms with Crippen molar-refractivity contribution < 1.29 is 9.53 Å². The van der Waals surface area contributed by atoms with Gasteiger partial charge in [0.2, 0.25) is 5.91 Å². The Morgan fingerprint density at radius 1 is 1.13 bits per heavy atom. The summed E-state index contributed by atoms with van der Waals surface area (Å²) in [5.41, 5.74) is 3.57. The lowest BCUT2D eigenvalue weighted by atomic mass is 10.0. The quantitative estimate of drug-likeness (QED) is 0.839. The molecule has 2 aromatic carbocycles. The van der Waals surface area contributed by atoms with E-state index in [2.05, 4.69) is 31.2 Å². The van der Waals surface area contributed by atoms with Crippen molar-refractivity contribution in [3.63, 3.8) is 0 Å². The third-order valence-electron chi connectivity index (χ3n) is 4.37. The molecule has 0 saturated carbocycles. The van der Waals surface area contributed by atoms with Crippen molar-refractivity contribution in [2.24, 2.45) is 0 Å². The van der Waals surface area contributed by atoms with Crippen LogP contribution in [0.4, 0.5) is 0 Å². The van der Waals surface area contributed by atoms with E-state index in [-0.39, 0.29) is 18.6 Å². The summed E-state index contributed by atoms with van der Waals surface area (Å²) in [6.45, 7) is 3.54.